The number of amides is 2. The van der Waals surface area contributed by atoms with E-state index in [2.05, 4.69) is 38.7 Å². The fraction of sp³-hybridized carbons (Fsp3) is 0.600. The molecule has 1 saturated heterocycles. The van der Waals surface area contributed by atoms with Crippen LogP contribution < -0.4 is 10.6 Å². The summed E-state index contributed by atoms with van der Waals surface area (Å²) in [6, 6.07) is 8.34. The van der Waals surface area contributed by atoms with Crippen molar-refractivity contribution in [2.75, 3.05) is 26.3 Å². The maximum absolute atomic E-state index is 12.3. The molecule has 1 aromatic rings. The van der Waals surface area contributed by atoms with Crippen LogP contribution in [0.4, 0.5) is 0 Å². The van der Waals surface area contributed by atoms with Crippen LogP contribution in [-0.4, -0.2) is 38.1 Å². The van der Waals surface area contributed by atoms with E-state index in [9.17, 15) is 9.59 Å². The van der Waals surface area contributed by atoms with Gasteiger partial charge in [0.1, 0.15) is 0 Å². The van der Waals surface area contributed by atoms with Crippen molar-refractivity contribution in [2.45, 2.75) is 43.9 Å². The summed E-state index contributed by atoms with van der Waals surface area (Å²) in [4.78, 5) is 23.8. The summed E-state index contributed by atoms with van der Waals surface area (Å²) < 4.78 is 6.60. The van der Waals surface area contributed by atoms with Crippen molar-refractivity contribution in [3.05, 3.63) is 34.3 Å². The molecule has 2 aliphatic rings. The molecule has 1 heterocycles. The van der Waals surface area contributed by atoms with Crippen molar-refractivity contribution in [1.29, 1.82) is 0 Å². The molecule has 2 N–H and O–H groups in total. The van der Waals surface area contributed by atoms with Gasteiger partial charge in [-0.15, -0.1) is 0 Å². The van der Waals surface area contributed by atoms with Gasteiger partial charge in [-0.3, -0.25) is 9.59 Å². The topological polar surface area (TPSA) is 67.4 Å². The molecule has 0 atom stereocenters. The number of ether oxygens (including phenoxy) is 1. The minimum Gasteiger partial charge on any atom is -0.381 e. The van der Waals surface area contributed by atoms with Gasteiger partial charge >= 0.3 is 0 Å². The average molecular weight is 423 g/mol. The van der Waals surface area contributed by atoms with Gasteiger partial charge in [0.25, 0.3) is 0 Å². The highest BCUT2D eigenvalue weighted by Crippen LogP contribution is 2.35. The van der Waals surface area contributed by atoms with E-state index in [1.807, 2.05) is 12.1 Å². The molecule has 5 nitrogen and oxygen atoms in total. The maximum atomic E-state index is 12.3. The van der Waals surface area contributed by atoms with Crippen LogP contribution in [0.5, 0.6) is 0 Å². The minimum absolute atomic E-state index is 0.0477. The first kappa shape index (κ1) is 19.4. The van der Waals surface area contributed by atoms with Crippen LogP contribution in [-0.2, 0) is 19.7 Å². The summed E-state index contributed by atoms with van der Waals surface area (Å²) in [6.45, 7) is 2.64. The molecule has 1 aliphatic heterocycles. The average Bonchev–Trinajstić information content (AvgIpc) is 3.49. The maximum Gasteiger partial charge on any atom is 0.223 e. The Labute approximate surface area is 163 Å². The molecule has 2 amide bonds. The van der Waals surface area contributed by atoms with Crippen molar-refractivity contribution in [3.63, 3.8) is 0 Å². The number of benzene rings is 1. The van der Waals surface area contributed by atoms with E-state index >= 15 is 0 Å². The van der Waals surface area contributed by atoms with E-state index in [4.69, 9.17) is 4.74 Å². The van der Waals surface area contributed by atoms with Gasteiger partial charge in [0.05, 0.1) is 0 Å². The highest BCUT2D eigenvalue weighted by molar-refractivity contribution is 9.10. The first-order valence-electron chi connectivity index (χ1n) is 9.47. The largest absolute Gasteiger partial charge is 0.381 e. The van der Waals surface area contributed by atoms with E-state index in [0.717, 1.165) is 43.4 Å². The number of carbonyl (C=O) groups is 2. The third-order valence-electron chi connectivity index (χ3n) is 5.34. The number of halogens is 1. The second kappa shape index (κ2) is 9.00. The van der Waals surface area contributed by atoms with E-state index in [0.29, 0.717) is 25.9 Å². The summed E-state index contributed by atoms with van der Waals surface area (Å²) in [6.07, 6.45) is 4.94. The fourth-order valence-corrected chi connectivity index (χ4v) is 3.85. The van der Waals surface area contributed by atoms with Gasteiger partial charge < -0.3 is 15.4 Å². The number of rotatable bonds is 8. The van der Waals surface area contributed by atoms with E-state index in [1.54, 1.807) is 0 Å². The zero-order chi connectivity index (χ0) is 18.4. The summed E-state index contributed by atoms with van der Waals surface area (Å²) in [5.41, 5.74) is 1.17. The zero-order valence-electron chi connectivity index (χ0n) is 15.1. The molecule has 1 saturated carbocycles. The molecule has 0 radical (unpaired) electrons. The van der Waals surface area contributed by atoms with Gasteiger partial charge in [-0.2, -0.15) is 0 Å². The Morgan fingerprint density at radius 3 is 2.65 bits per heavy atom. The van der Waals surface area contributed by atoms with Crippen LogP contribution in [0, 0.1) is 5.92 Å². The molecule has 142 valence electrons. The molecule has 1 aromatic carbocycles. The van der Waals surface area contributed by atoms with Crippen molar-refractivity contribution >= 4 is 27.7 Å². The second-order valence-electron chi connectivity index (χ2n) is 7.35. The van der Waals surface area contributed by atoms with Crippen molar-refractivity contribution < 1.29 is 14.3 Å². The predicted molar refractivity (Wildman–Crippen MR) is 104 cm³/mol. The first-order chi connectivity index (χ1) is 12.6. The normalized spacial score (nSPS) is 19.0. The van der Waals surface area contributed by atoms with E-state index < -0.39 is 0 Å². The lowest BCUT2D eigenvalue weighted by Gasteiger charge is -2.38. The first-order valence-corrected chi connectivity index (χ1v) is 10.3. The third kappa shape index (κ3) is 5.30. The number of hydrogen-bond acceptors (Lipinski definition) is 3. The Morgan fingerprint density at radius 2 is 1.96 bits per heavy atom. The molecule has 0 bridgehead atoms. The minimum atomic E-state index is -0.0715. The van der Waals surface area contributed by atoms with E-state index in [1.165, 1.54) is 5.56 Å². The molecule has 1 aliphatic carbocycles. The van der Waals surface area contributed by atoms with Crippen LogP contribution >= 0.6 is 15.9 Å². The summed E-state index contributed by atoms with van der Waals surface area (Å²) in [5.74, 6) is 0.412. The molecule has 0 aromatic heterocycles. The van der Waals surface area contributed by atoms with Gasteiger partial charge in [-0.25, -0.2) is 0 Å². The molecule has 0 spiro atoms. The summed E-state index contributed by atoms with van der Waals surface area (Å²) >= 11 is 3.55. The Bertz CT molecular complexity index is 640. The second-order valence-corrected chi connectivity index (χ2v) is 8.26. The van der Waals surface area contributed by atoms with Crippen LogP contribution in [0.15, 0.2) is 28.7 Å². The highest BCUT2D eigenvalue weighted by Gasteiger charge is 2.35. The Morgan fingerprint density at radius 1 is 1.19 bits per heavy atom. The zero-order valence-corrected chi connectivity index (χ0v) is 16.6. The predicted octanol–water partition coefficient (Wildman–Crippen LogP) is 2.92. The molecule has 0 unspecified atom stereocenters. The molecule has 26 heavy (non-hydrogen) atoms. The van der Waals surface area contributed by atoms with Gasteiger partial charge in [0, 0.05) is 48.5 Å². The Kier molecular flexibility index (Phi) is 6.70. The lowest BCUT2D eigenvalue weighted by atomic mass is 9.74. The highest BCUT2D eigenvalue weighted by atomic mass is 79.9. The van der Waals surface area contributed by atoms with Crippen molar-refractivity contribution in [2.24, 2.45) is 5.92 Å². The Balaban J connectivity index is 1.48. The smallest absolute Gasteiger partial charge is 0.223 e. The lowest BCUT2D eigenvalue weighted by molar-refractivity contribution is -0.123. The number of carbonyl (C=O) groups excluding carboxylic acids is 2. The molecule has 3 rings (SSSR count). The monoisotopic (exact) mass is 422 g/mol. The van der Waals surface area contributed by atoms with Crippen LogP contribution in [0.2, 0.25) is 0 Å². The number of nitrogens with one attached hydrogen (secondary N) is 2. The van der Waals surface area contributed by atoms with Gasteiger partial charge in [0.15, 0.2) is 0 Å². The van der Waals surface area contributed by atoms with Crippen molar-refractivity contribution in [3.8, 4) is 0 Å². The number of hydrogen-bond donors (Lipinski definition) is 2. The van der Waals surface area contributed by atoms with Crippen LogP contribution in [0.3, 0.4) is 0 Å². The van der Waals surface area contributed by atoms with Gasteiger partial charge in [0.2, 0.25) is 11.8 Å². The SMILES string of the molecule is O=C(CCCNC(=O)C1CC1)NCC1(c2cccc(Br)c2)CCOCC1. The summed E-state index contributed by atoms with van der Waals surface area (Å²) in [5, 5.41) is 6.02. The van der Waals surface area contributed by atoms with Gasteiger partial charge in [-0.05, 0) is 49.8 Å². The van der Waals surface area contributed by atoms with Crippen LogP contribution in [0.1, 0.15) is 44.1 Å². The fourth-order valence-electron chi connectivity index (χ4n) is 3.45. The van der Waals surface area contributed by atoms with E-state index in [-0.39, 0.29) is 23.1 Å². The molecular weight excluding hydrogens is 396 g/mol. The standard InChI is InChI=1S/C20H27BrN2O3/c21-17-4-1-3-16(13-17)20(8-11-26-12-9-20)14-23-18(24)5-2-10-22-19(25)15-6-7-15/h1,3-4,13,15H,2,5-12,14H2,(H,22,25)(H,23,24). The third-order valence-corrected chi connectivity index (χ3v) is 5.83. The van der Waals surface area contributed by atoms with Crippen molar-refractivity contribution in [1.82, 2.24) is 10.6 Å². The molecule has 2 fully saturated rings. The lowest BCUT2D eigenvalue weighted by Crippen LogP contribution is -2.44. The quantitative estimate of drug-likeness (QED) is 0.632. The van der Waals surface area contributed by atoms with Gasteiger partial charge in [-0.1, -0.05) is 28.1 Å². The van der Waals surface area contributed by atoms with Crippen LogP contribution in [0.25, 0.3) is 0 Å². The molecule has 6 heteroatoms. The summed E-state index contributed by atoms with van der Waals surface area (Å²) in [7, 11) is 0. The Hall–Kier alpha value is -1.40. The molecular formula is C20H27BrN2O3.